The summed E-state index contributed by atoms with van der Waals surface area (Å²) in [4.78, 5) is 0. The molecule has 0 radical (unpaired) electrons. The molecular weight excluding hydrogens is 156 g/mol. The second kappa shape index (κ2) is 7.17. The molecule has 0 saturated carbocycles. The van der Waals surface area contributed by atoms with E-state index in [4.69, 9.17) is 0 Å². The fraction of sp³-hybridized carbons (Fsp3) is 0.846. The van der Waals surface area contributed by atoms with Crippen LogP contribution in [0.4, 0.5) is 0 Å². The number of hydrogen-bond acceptors (Lipinski definition) is 0. The van der Waals surface area contributed by atoms with Gasteiger partial charge in [0, 0.05) is 0 Å². The summed E-state index contributed by atoms with van der Waals surface area (Å²) in [5.41, 5.74) is 1.75. The third kappa shape index (κ3) is 5.13. The highest BCUT2D eigenvalue weighted by Gasteiger charge is 2.00. The molecule has 76 valence electrons. The Morgan fingerprint density at radius 3 is 2.69 bits per heavy atom. The van der Waals surface area contributed by atoms with Gasteiger partial charge in [-0.25, -0.2) is 0 Å². The molecule has 13 heavy (non-hydrogen) atoms. The minimum Gasteiger partial charge on any atom is -0.0853 e. The van der Waals surface area contributed by atoms with Crippen LogP contribution in [0.3, 0.4) is 0 Å². The van der Waals surface area contributed by atoms with Crippen molar-refractivity contribution in [1.82, 2.24) is 0 Å². The molecule has 0 unspecified atom stereocenters. The van der Waals surface area contributed by atoms with E-state index in [0.717, 1.165) is 0 Å². The average Bonchev–Trinajstić information content (AvgIpc) is 2.28. The number of unbranched alkanes of at least 4 members (excludes halogenated alkanes) is 1. The lowest BCUT2D eigenvalue weighted by molar-refractivity contribution is 0.623. The number of hydrogen-bond donors (Lipinski definition) is 0. The van der Waals surface area contributed by atoms with E-state index in [1.54, 1.807) is 5.57 Å². The van der Waals surface area contributed by atoms with Gasteiger partial charge in [-0.2, -0.15) is 0 Å². The Balaban J connectivity index is 2.28. The predicted molar refractivity (Wildman–Crippen MR) is 59.9 cm³/mol. The number of allylic oxidation sites excluding steroid dienone is 2. The largest absolute Gasteiger partial charge is 0.0853 e. The lowest BCUT2D eigenvalue weighted by Gasteiger charge is -2.05. The van der Waals surface area contributed by atoms with E-state index >= 15 is 0 Å². The molecular formula is C13H24. The Morgan fingerprint density at radius 1 is 1.08 bits per heavy atom. The fourth-order valence-electron chi connectivity index (χ4n) is 2.07. The molecule has 0 aliphatic heterocycles. The average molecular weight is 180 g/mol. The van der Waals surface area contributed by atoms with E-state index in [0.29, 0.717) is 0 Å². The van der Waals surface area contributed by atoms with Crippen LogP contribution < -0.4 is 0 Å². The lowest BCUT2D eigenvalue weighted by atomic mass is 10.0. The highest BCUT2D eigenvalue weighted by Crippen LogP contribution is 2.20. The summed E-state index contributed by atoms with van der Waals surface area (Å²) in [6, 6.07) is 0. The Kier molecular flexibility index (Phi) is 5.97. The fourth-order valence-corrected chi connectivity index (χ4v) is 2.07. The van der Waals surface area contributed by atoms with E-state index < -0.39 is 0 Å². The van der Waals surface area contributed by atoms with Crippen molar-refractivity contribution < 1.29 is 0 Å². The summed E-state index contributed by atoms with van der Waals surface area (Å²) in [5, 5.41) is 0. The minimum absolute atomic E-state index is 1.34. The zero-order valence-corrected chi connectivity index (χ0v) is 9.15. The lowest BCUT2D eigenvalue weighted by Crippen LogP contribution is -1.85. The van der Waals surface area contributed by atoms with Crippen molar-refractivity contribution in [3.05, 3.63) is 11.6 Å². The Morgan fingerprint density at radius 2 is 1.85 bits per heavy atom. The molecule has 0 bridgehead atoms. The van der Waals surface area contributed by atoms with Crippen LogP contribution in [0.2, 0.25) is 0 Å². The van der Waals surface area contributed by atoms with E-state index in [9.17, 15) is 0 Å². The first-order chi connectivity index (χ1) is 6.43. The second-order valence-corrected chi connectivity index (χ2v) is 4.27. The molecule has 0 heteroatoms. The summed E-state index contributed by atoms with van der Waals surface area (Å²) >= 11 is 0. The molecule has 1 aliphatic rings. The van der Waals surface area contributed by atoms with Crippen molar-refractivity contribution in [2.24, 2.45) is 0 Å². The standard InChI is InChI=1S/C13H24/c1-2-3-10-13-11-8-6-4-5-7-9-12-13/h11H,2-10,12H2,1H3. The molecule has 0 atom stereocenters. The van der Waals surface area contributed by atoms with Crippen molar-refractivity contribution in [2.45, 2.75) is 71.1 Å². The van der Waals surface area contributed by atoms with Crippen molar-refractivity contribution in [3.63, 3.8) is 0 Å². The molecule has 0 N–H and O–H groups in total. The SMILES string of the molecule is CCCCC1=CCCCCCCC1. The van der Waals surface area contributed by atoms with Gasteiger partial charge in [-0.1, -0.05) is 44.3 Å². The van der Waals surface area contributed by atoms with Gasteiger partial charge in [0.05, 0.1) is 0 Å². The first-order valence-corrected chi connectivity index (χ1v) is 6.11. The maximum Gasteiger partial charge on any atom is -0.0320 e. The molecule has 0 fully saturated rings. The van der Waals surface area contributed by atoms with Gasteiger partial charge in [0.25, 0.3) is 0 Å². The van der Waals surface area contributed by atoms with Gasteiger partial charge in [-0.15, -0.1) is 0 Å². The monoisotopic (exact) mass is 180 g/mol. The zero-order chi connectivity index (χ0) is 9.36. The maximum atomic E-state index is 2.53. The summed E-state index contributed by atoms with van der Waals surface area (Å²) in [6.07, 6.45) is 16.6. The number of rotatable bonds is 3. The summed E-state index contributed by atoms with van der Waals surface area (Å²) in [5.74, 6) is 0. The third-order valence-electron chi connectivity index (χ3n) is 2.99. The van der Waals surface area contributed by atoms with Gasteiger partial charge in [0.1, 0.15) is 0 Å². The minimum atomic E-state index is 1.34. The summed E-state index contributed by atoms with van der Waals surface area (Å²) in [7, 11) is 0. The van der Waals surface area contributed by atoms with Crippen LogP contribution in [0.15, 0.2) is 11.6 Å². The normalized spacial score (nSPS) is 19.9. The van der Waals surface area contributed by atoms with Gasteiger partial charge in [0.15, 0.2) is 0 Å². The smallest absolute Gasteiger partial charge is 0.0320 e. The first-order valence-electron chi connectivity index (χ1n) is 6.11. The van der Waals surface area contributed by atoms with Crippen LogP contribution in [-0.4, -0.2) is 0 Å². The highest BCUT2D eigenvalue weighted by molar-refractivity contribution is 5.02. The van der Waals surface area contributed by atoms with Gasteiger partial charge in [-0.05, 0) is 38.5 Å². The molecule has 0 saturated heterocycles. The predicted octanol–water partition coefficient (Wildman–Crippen LogP) is 4.85. The van der Waals surface area contributed by atoms with Crippen LogP contribution in [0.25, 0.3) is 0 Å². The molecule has 0 aromatic rings. The van der Waals surface area contributed by atoms with Crippen molar-refractivity contribution in [2.75, 3.05) is 0 Å². The maximum absolute atomic E-state index is 2.53. The van der Waals surface area contributed by atoms with Gasteiger partial charge in [-0.3, -0.25) is 0 Å². The van der Waals surface area contributed by atoms with Crippen LogP contribution >= 0.6 is 0 Å². The van der Waals surface area contributed by atoms with Crippen molar-refractivity contribution >= 4 is 0 Å². The quantitative estimate of drug-likeness (QED) is 0.545. The van der Waals surface area contributed by atoms with Crippen molar-refractivity contribution in [1.29, 1.82) is 0 Å². The Labute approximate surface area is 83.4 Å². The van der Waals surface area contributed by atoms with Gasteiger partial charge < -0.3 is 0 Å². The van der Waals surface area contributed by atoms with E-state index in [2.05, 4.69) is 13.0 Å². The molecule has 0 nitrogen and oxygen atoms in total. The van der Waals surface area contributed by atoms with E-state index in [1.165, 1.54) is 64.2 Å². The molecule has 0 aromatic heterocycles. The Bertz CT molecular complexity index is 144. The van der Waals surface area contributed by atoms with Crippen LogP contribution in [-0.2, 0) is 0 Å². The third-order valence-corrected chi connectivity index (χ3v) is 2.99. The molecule has 1 aliphatic carbocycles. The van der Waals surface area contributed by atoms with Crippen LogP contribution in [0, 0.1) is 0 Å². The highest BCUT2D eigenvalue weighted by atomic mass is 14.1. The first kappa shape index (κ1) is 10.8. The molecule has 0 heterocycles. The summed E-state index contributed by atoms with van der Waals surface area (Å²) < 4.78 is 0. The molecule has 0 aromatic carbocycles. The van der Waals surface area contributed by atoms with Gasteiger partial charge >= 0.3 is 0 Å². The zero-order valence-electron chi connectivity index (χ0n) is 9.15. The Hall–Kier alpha value is -0.260. The van der Waals surface area contributed by atoms with Crippen LogP contribution in [0.1, 0.15) is 71.1 Å². The van der Waals surface area contributed by atoms with Gasteiger partial charge in [0.2, 0.25) is 0 Å². The topological polar surface area (TPSA) is 0 Å². The van der Waals surface area contributed by atoms with Crippen molar-refractivity contribution in [3.8, 4) is 0 Å². The van der Waals surface area contributed by atoms with E-state index in [-0.39, 0.29) is 0 Å². The second-order valence-electron chi connectivity index (χ2n) is 4.27. The van der Waals surface area contributed by atoms with Crippen LogP contribution in [0.5, 0.6) is 0 Å². The molecule has 0 amide bonds. The molecule has 0 spiro atoms. The molecule has 1 rings (SSSR count). The van der Waals surface area contributed by atoms with E-state index in [1.807, 2.05) is 0 Å². The summed E-state index contributed by atoms with van der Waals surface area (Å²) in [6.45, 7) is 2.29.